The van der Waals surface area contributed by atoms with Gasteiger partial charge in [-0.1, -0.05) is 38.8 Å². The first-order valence-corrected chi connectivity index (χ1v) is 7.69. The van der Waals surface area contributed by atoms with Gasteiger partial charge in [0, 0.05) is 0 Å². The molecule has 4 nitrogen and oxygen atoms in total. The maximum absolute atomic E-state index is 11.0. The normalized spacial score (nSPS) is 12.6. The predicted octanol–water partition coefficient (Wildman–Crippen LogP) is 4.11. The molecule has 0 radical (unpaired) electrons. The van der Waals surface area contributed by atoms with Crippen LogP contribution in [0.1, 0.15) is 52.5 Å². The van der Waals surface area contributed by atoms with Crippen molar-refractivity contribution in [3.63, 3.8) is 0 Å². The zero-order valence-electron chi connectivity index (χ0n) is 14.3. The molecule has 1 unspecified atom stereocenters. The van der Waals surface area contributed by atoms with Crippen LogP contribution in [0.3, 0.4) is 0 Å². The van der Waals surface area contributed by atoms with Gasteiger partial charge in [-0.15, -0.1) is 0 Å². The van der Waals surface area contributed by atoms with E-state index in [1.165, 1.54) is 19.4 Å². The molecule has 0 amide bonds. The summed E-state index contributed by atoms with van der Waals surface area (Å²) >= 11 is 0. The summed E-state index contributed by atoms with van der Waals surface area (Å²) in [6.07, 6.45) is 3.22. The van der Waals surface area contributed by atoms with E-state index in [4.69, 9.17) is 9.84 Å². The number of rotatable bonds is 7. The van der Waals surface area contributed by atoms with Gasteiger partial charge in [-0.05, 0) is 44.4 Å². The first-order valence-electron chi connectivity index (χ1n) is 7.69. The molecule has 4 heteroatoms. The van der Waals surface area contributed by atoms with Crippen LogP contribution in [0.2, 0.25) is 0 Å². The predicted molar refractivity (Wildman–Crippen MR) is 88.3 cm³/mol. The zero-order valence-corrected chi connectivity index (χ0v) is 14.3. The van der Waals surface area contributed by atoms with Crippen molar-refractivity contribution in [2.24, 2.45) is 5.41 Å². The average Bonchev–Trinajstić information content (AvgIpc) is 2.52. The van der Waals surface area contributed by atoms with Crippen LogP contribution in [0.25, 0.3) is 0 Å². The van der Waals surface area contributed by atoms with Gasteiger partial charge in [-0.25, -0.2) is 0 Å². The molecule has 0 bridgehead atoms. The molecule has 1 N–H and O–H groups in total. The number of aliphatic carboxylic acids is 1. The molecule has 22 heavy (non-hydrogen) atoms. The number of ether oxygens (including phenoxy) is 1. The molecule has 0 aromatic heterocycles. The first kappa shape index (κ1) is 20.2. The Morgan fingerprint density at radius 3 is 2.05 bits per heavy atom. The molecule has 0 aliphatic rings. The summed E-state index contributed by atoms with van der Waals surface area (Å²) < 4.78 is 5.01. The van der Waals surface area contributed by atoms with Crippen molar-refractivity contribution in [2.75, 3.05) is 7.11 Å². The van der Waals surface area contributed by atoms with Crippen LogP contribution >= 0.6 is 0 Å². The topological polar surface area (TPSA) is 63.6 Å². The highest BCUT2D eigenvalue weighted by atomic mass is 16.5. The lowest BCUT2D eigenvalue weighted by Gasteiger charge is -2.20. The van der Waals surface area contributed by atoms with Crippen LogP contribution in [0.4, 0.5) is 0 Å². The third-order valence-corrected chi connectivity index (χ3v) is 3.85. The molecule has 0 spiro atoms. The highest BCUT2D eigenvalue weighted by Crippen LogP contribution is 2.25. The zero-order chi connectivity index (χ0) is 17.2. The van der Waals surface area contributed by atoms with E-state index >= 15 is 0 Å². The standard InChI is InChI=1S/C9H16O3.C9H12O/c1-4-5-6-9(3,7(2)10)8(11)12;1-3-8-4-6-9(10-2)7-5-8/h4-6H2,1-3H3,(H,11,12);4-7H,3H2,1-2H3. The summed E-state index contributed by atoms with van der Waals surface area (Å²) in [7, 11) is 1.68. The van der Waals surface area contributed by atoms with Gasteiger partial charge < -0.3 is 9.84 Å². The summed E-state index contributed by atoms with van der Waals surface area (Å²) in [5, 5.41) is 8.81. The number of carbonyl (C=O) groups excluding carboxylic acids is 1. The maximum Gasteiger partial charge on any atom is 0.316 e. The summed E-state index contributed by atoms with van der Waals surface area (Å²) in [6.45, 7) is 6.95. The third-order valence-electron chi connectivity index (χ3n) is 3.85. The van der Waals surface area contributed by atoms with Gasteiger partial charge in [-0.3, -0.25) is 9.59 Å². The second-order valence-electron chi connectivity index (χ2n) is 5.50. The number of Topliss-reactive ketones (excluding diaryl/α,β-unsaturated/α-hetero) is 1. The van der Waals surface area contributed by atoms with Crippen molar-refractivity contribution in [1.29, 1.82) is 0 Å². The molecule has 1 rings (SSSR count). The van der Waals surface area contributed by atoms with Crippen molar-refractivity contribution in [2.45, 2.75) is 53.4 Å². The lowest BCUT2D eigenvalue weighted by atomic mass is 9.81. The molecule has 0 saturated carbocycles. The fraction of sp³-hybridized carbons (Fsp3) is 0.556. The van der Waals surface area contributed by atoms with E-state index in [-0.39, 0.29) is 5.78 Å². The minimum Gasteiger partial charge on any atom is -0.497 e. The maximum atomic E-state index is 11.0. The summed E-state index contributed by atoms with van der Waals surface area (Å²) in [4.78, 5) is 21.8. The van der Waals surface area contributed by atoms with Crippen molar-refractivity contribution in [3.05, 3.63) is 29.8 Å². The SMILES string of the molecule is CCCCC(C)(C(C)=O)C(=O)O.CCc1ccc(OC)cc1. The van der Waals surface area contributed by atoms with E-state index in [2.05, 4.69) is 19.1 Å². The Bertz CT molecular complexity index is 425. The Kier molecular flexibility index (Phi) is 9.15. The Balaban J connectivity index is 0.000000406. The molecule has 0 aliphatic carbocycles. The lowest BCUT2D eigenvalue weighted by Crippen LogP contribution is -2.34. The number of methoxy groups -OCH3 is 1. The molecule has 124 valence electrons. The number of carbonyl (C=O) groups is 2. The molecular formula is C18H28O4. The van der Waals surface area contributed by atoms with Gasteiger partial charge in [0.05, 0.1) is 7.11 Å². The monoisotopic (exact) mass is 308 g/mol. The van der Waals surface area contributed by atoms with Gasteiger partial charge >= 0.3 is 5.97 Å². The van der Waals surface area contributed by atoms with Crippen molar-refractivity contribution in [3.8, 4) is 5.75 Å². The van der Waals surface area contributed by atoms with Crippen molar-refractivity contribution < 1.29 is 19.4 Å². The van der Waals surface area contributed by atoms with Gasteiger partial charge in [0.15, 0.2) is 0 Å². The average molecular weight is 308 g/mol. The Labute approximate surface area is 133 Å². The van der Waals surface area contributed by atoms with Gasteiger partial charge in [0.2, 0.25) is 0 Å². The largest absolute Gasteiger partial charge is 0.497 e. The van der Waals surface area contributed by atoms with E-state index in [1.807, 2.05) is 19.1 Å². The van der Waals surface area contributed by atoms with E-state index < -0.39 is 11.4 Å². The number of unbranched alkanes of at least 4 members (excludes halogenated alkanes) is 1. The highest BCUT2D eigenvalue weighted by Gasteiger charge is 2.37. The number of ketones is 1. The van der Waals surface area contributed by atoms with Crippen LogP contribution in [0.15, 0.2) is 24.3 Å². The number of hydrogen-bond donors (Lipinski definition) is 1. The summed E-state index contributed by atoms with van der Waals surface area (Å²) in [5.74, 6) is -0.343. The lowest BCUT2D eigenvalue weighted by molar-refractivity contribution is -0.153. The number of aryl methyl sites for hydroxylation is 1. The highest BCUT2D eigenvalue weighted by molar-refractivity contribution is 6.01. The number of carboxylic acids is 1. The fourth-order valence-corrected chi connectivity index (χ4v) is 1.83. The van der Waals surface area contributed by atoms with Crippen LogP contribution in [0, 0.1) is 5.41 Å². The number of hydrogen-bond acceptors (Lipinski definition) is 3. The Morgan fingerprint density at radius 2 is 1.73 bits per heavy atom. The van der Waals surface area contributed by atoms with E-state index in [0.29, 0.717) is 6.42 Å². The van der Waals surface area contributed by atoms with E-state index in [1.54, 1.807) is 7.11 Å². The van der Waals surface area contributed by atoms with Crippen molar-refractivity contribution >= 4 is 11.8 Å². The molecule has 0 fully saturated rings. The van der Waals surface area contributed by atoms with E-state index in [0.717, 1.165) is 25.0 Å². The minimum atomic E-state index is -1.17. The molecule has 0 heterocycles. The molecule has 1 aromatic carbocycles. The van der Waals surface area contributed by atoms with Crippen LogP contribution in [-0.4, -0.2) is 24.0 Å². The van der Waals surface area contributed by atoms with Crippen LogP contribution in [-0.2, 0) is 16.0 Å². The Hall–Kier alpha value is -1.84. The third kappa shape index (κ3) is 6.29. The quantitative estimate of drug-likeness (QED) is 0.770. The minimum absolute atomic E-state index is 0.261. The molecule has 0 saturated heterocycles. The molecular weight excluding hydrogens is 280 g/mol. The fourth-order valence-electron chi connectivity index (χ4n) is 1.83. The number of carboxylic acid groups (broad SMARTS) is 1. The van der Waals surface area contributed by atoms with Gasteiger partial charge in [0.1, 0.15) is 16.9 Å². The molecule has 1 aromatic rings. The van der Waals surface area contributed by atoms with Crippen LogP contribution in [0.5, 0.6) is 5.75 Å². The smallest absolute Gasteiger partial charge is 0.316 e. The van der Waals surface area contributed by atoms with Gasteiger partial charge in [0.25, 0.3) is 0 Å². The molecule has 0 aliphatic heterocycles. The molecule has 1 atom stereocenters. The van der Waals surface area contributed by atoms with Crippen LogP contribution < -0.4 is 4.74 Å². The summed E-state index contributed by atoms with van der Waals surface area (Å²) in [5.41, 5.74) is 0.177. The Morgan fingerprint density at radius 1 is 1.18 bits per heavy atom. The number of benzene rings is 1. The second-order valence-corrected chi connectivity index (χ2v) is 5.50. The summed E-state index contributed by atoms with van der Waals surface area (Å²) in [6, 6.07) is 8.13. The van der Waals surface area contributed by atoms with E-state index in [9.17, 15) is 9.59 Å². The second kappa shape index (κ2) is 9.98. The first-order chi connectivity index (χ1) is 10.3. The van der Waals surface area contributed by atoms with Crippen molar-refractivity contribution in [1.82, 2.24) is 0 Å². The van der Waals surface area contributed by atoms with Gasteiger partial charge in [-0.2, -0.15) is 0 Å².